The molecule has 0 bridgehead atoms. The topological polar surface area (TPSA) is 78.9 Å². The summed E-state index contributed by atoms with van der Waals surface area (Å²) in [6.45, 7) is 11.3. The van der Waals surface area contributed by atoms with Gasteiger partial charge in [-0.1, -0.05) is 195 Å². The van der Waals surface area contributed by atoms with Crippen LogP contribution in [0.4, 0.5) is 0 Å². The Morgan fingerprint density at radius 3 is 1.14 bits per heavy atom. The Morgan fingerprint density at radius 2 is 0.760 bits per heavy atom. The van der Waals surface area contributed by atoms with E-state index in [1.807, 2.05) is 0 Å². The fourth-order valence-corrected chi connectivity index (χ4v) is 6.37. The number of esters is 3. The summed E-state index contributed by atoms with van der Waals surface area (Å²) in [5.41, 5.74) is 0. The molecule has 6 nitrogen and oxygen atoms in total. The molecule has 0 aliphatic heterocycles. The molecule has 0 aromatic carbocycles. The van der Waals surface area contributed by atoms with Gasteiger partial charge in [0.15, 0.2) is 6.10 Å². The number of carbonyl (C=O) groups is 3. The molecule has 50 heavy (non-hydrogen) atoms. The summed E-state index contributed by atoms with van der Waals surface area (Å²) in [6, 6.07) is 0. The van der Waals surface area contributed by atoms with Crippen LogP contribution >= 0.6 is 0 Å². The van der Waals surface area contributed by atoms with Crippen molar-refractivity contribution in [2.75, 3.05) is 13.2 Å². The molecule has 0 aromatic heterocycles. The van der Waals surface area contributed by atoms with Crippen molar-refractivity contribution in [3.8, 4) is 0 Å². The van der Waals surface area contributed by atoms with E-state index in [0.717, 1.165) is 69.6 Å². The third-order valence-electron chi connectivity index (χ3n) is 10.1. The molecule has 0 radical (unpaired) electrons. The Labute approximate surface area is 310 Å². The van der Waals surface area contributed by atoms with Crippen molar-refractivity contribution in [3.63, 3.8) is 0 Å². The number of hydrogen-bond acceptors (Lipinski definition) is 6. The van der Waals surface area contributed by atoms with Crippen LogP contribution in [-0.2, 0) is 28.6 Å². The highest BCUT2D eigenvalue weighted by molar-refractivity contribution is 5.71. The minimum absolute atomic E-state index is 0.0662. The molecule has 0 spiro atoms. The zero-order chi connectivity index (χ0) is 36.9. The van der Waals surface area contributed by atoms with Gasteiger partial charge < -0.3 is 14.2 Å². The van der Waals surface area contributed by atoms with Gasteiger partial charge in [-0.3, -0.25) is 14.4 Å². The zero-order valence-electron chi connectivity index (χ0n) is 34.0. The van der Waals surface area contributed by atoms with Crippen molar-refractivity contribution in [2.24, 2.45) is 11.8 Å². The monoisotopic (exact) mass is 709 g/mol. The number of ether oxygens (including phenoxy) is 3. The molecule has 1 unspecified atom stereocenters. The molecule has 6 heteroatoms. The maximum atomic E-state index is 12.7. The number of unbranched alkanes of at least 4 members (excludes halogenated alkanes) is 22. The van der Waals surface area contributed by atoms with Crippen LogP contribution < -0.4 is 0 Å². The number of rotatable bonds is 38. The highest BCUT2D eigenvalue weighted by Gasteiger charge is 2.19. The van der Waals surface area contributed by atoms with Gasteiger partial charge in [-0.25, -0.2) is 0 Å². The summed E-state index contributed by atoms with van der Waals surface area (Å²) >= 11 is 0. The second-order valence-electron chi connectivity index (χ2n) is 15.7. The Morgan fingerprint density at radius 1 is 0.420 bits per heavy atom. The first-order valence-corrected chi connectivity index (χ1v) is 21.8. The van der Waals surface area contributed by atoms with Crippen molar-refractivity contribution in [1.82, 2.24) is 0 Å². The highest BCUT2D eigenvalue weighted by atomic mass is 16.6. The van der Waals surface area contributed by atoms with Gasteiger partial charge in [0, 0.05) is 19.3 Å². The van der Waals surface area contributed by atoms with Crippen molar-refractivity contribution in [2.45, 2.75) is 240 Å². The largest absolute Gasteiger partial charge is 0.462 e. The summed E-state index contributed by atoms with van der Waals surface area (Å²) in [7, 11) is 0. The zero-order valence-corrected chi connectivity index (χ0v) is 34.0. The van der Waals surface area contributed by atoms with Gasteiger partial charge in [-0.2, -0.15) is 0 Å². The molecule has 0 aliphatic carbocycles. The summed E-state index contributed by atoms with van der Waals surface area (Å²) in [6.07, 6.45) is 33.8. The molecule has 2 atom stereocenters. The summed E-state index contributed by atoms with van der Waals surface area (Å²) in [4.78, 5) is 37.6. The minimum Gasteiger partial charge on any atom is -0.462 e. The number of carbonyl (C=O) groups excluding carboxylic acids is 3. The fourth-order valence-electron chi connectivity index (χ4n) is 6.37. The lowest BCUT2D eigenvalue weighted by Gasteiger charge is -2.18. The van der Waals surface area contributed by atoms with E-state index in [4.69, 9.17) is 14.2 Å². The lowest BCUT2D eigenvalue weighted by Crippen LogP contribution is -2.30. The second kappa shape index (κ2) is 37.2. The maximum Gasteiger partial charge on any atom is 0.306 e. The van der Waals surface area contributed by atoms with E-state index in [1.165, 1.54) is 122 Å². The van der Waals surface area contributed by atoms with Crippen molar-refractivity contribution < 1.29 is 28.6 Å². The third-order valence-corrected chi connectivity index (χ3v) is 10.1. The van der Waals surface area contributed by atoms with Gasteiger partial charge in [0.05, 0.1) is 0 Å². The van der Waals surface area contributed by atoms with E-state index in [0.29, 0.717) is 19.3 Å². The number of hydrogen-bond donors (Lipinski definition) is 0. The average molecular weight is 709 g/mol. The summed E-state index contributed by atoms with van der Waals surface area (Å²) < 4.78 is 16.7. The van der Waals surface area contributed by atoms with E-state index in [1.54, 1.807) is 0 Å². The molecular formula is C44H84O6. The van der Waals surface area contributed by atoms with Gasteiger partial charge in [-0.05, 0) is 31.1 Å². The predicted octanol–water partition coefficient (Wildman–Crippen LogP) is 13.4. The third kappa shape index (κ3) is 36.2. The first-order chi connectivity index (χ1) is 24.3. The second-order valence-corrected chi connectivity index (χ2v) is 15.7. The fraction of sp³-hybridized carbons (Fsp3) is 0.932. The molecule has 0 aliphatic rings. The molecule has 0 fully saturated rings. The normalized spacial score (nSPS) is 12.6. The molecular weight excluding hydrogens is 624 g/mol. The molecule has 0 N–H and O–H groups in total. The molecule has 296 valence electrons. The lowest BCUT2D eigenvalue weighted by molar-refractivity contribution is -0.167. The van der Waals surface area contributed by atoms with Crippen molar-refractivity contribution in [3.05, 3.63) is 0 Å². The smallest absolute Gasteiger partial charge is 0.306 e. The van der Waals surface area contributed by atoms with E-state index in [9.17, 15) is 14.4 Å². The molecule has 0 aromatic rings. The predicted molar refractivity (Wildman–Crippen MR) is 210 cm³/mol. The van der Waals surface area contributed by atoms with Crippen LogP contribution in [0.25, 0.3) is 0 Å². The quantitative estimate of drug-likeness (QED) is 0.0361. The standard InChI is InChI=1S/C44H84O6/c1-6-8-9-10-11-12-13-14-18-24-29-34-42(45)48-37-41(38-49-43(46)35-30-25-21-20-22-27-32-39(3)4)50-44(47)36-31-26-19-16-15-17-23-28-33-40(5)7-2/h39-41H,6-38H2,1-5H3/t40?,41-/m0/s1. The van der Waals surface area contributed by atoms with Gasteiger partial charge in [0.1, 0.15) is 13.2 Å². The van der Waals surface area contributed by atoms with Crippen LogP contribution in [0.1, 0.15) is 234 Å². The Balaban J connectivity index is 4.36. The van der Waals surface area contributed by atoms with E-state index in [2.05, 4.69) is 34.6 Å². The van der Waals surface area contributed by atoms with Crippen molar-refractivity contribution >= 4 is 17.9 Å². The lowest BCUT2D eigenvalue weighted by atomic mass is 9.99. The first kappa shape index (κ1) is 48.4. The molecule has 0 saturated carbocycles. The molecule has 0 rings (SSSR count). The average Bonchev–Trinajstić information content (AvgIpc) is 3.09. The van der Waals surface area contributed by atoms with E-state index in [-0.39, 0.29) is 31.1 Å². The Hall–Kier alpha value is -1.59. The van der Waals surface area contributed by atoms with Crippen LogP contribution in [0.5, 0.6) is 0 Å². The van der Waals surface area contributed by atoms with E-state index >= 15 is 0 Å². The highest BCUT2D eigenvalue weighted by Crippen LogP contribution is 2.17. The SMILES string of the molecule is CCCCCCCCCCCCCC(=O)OC[C@@H](COC(=O)CCCCCCCCC(C)C)OC(=O)CCCCCCCCCCC(C)CC. The van der Waals surface area contributed by atoms with Gasteiger partial charge in [0.25, 0.3) is 0 Å². The van der Waals surface area contributed by atoms with Crippen LogP contribution in [0.2, 0.25) is 0 Å². The minimum atomic E-state index is -0.760. The summed E-state index contributed by atoms with van der Waals surface area (Å²) in [5, 5.41) is 0. The van der Waals surface area contributed by atoms with Crippen molar-refractivity contribution in [1.29, 1.82) is 0 Å². The first-order valence-electron chi connectivity index (χ1n) is 21.8. The molecule has 0 heterocycles. The van der Waals surface area contributed by atoms with Gasteiger partial charge >= 0.3 is 17.9 Å². The molecule has 0 saturated heterocycles. The van der Waals surface area contributed by atoms with Crippen LogP contribution in [-0.4, -0.2) is 37.2 Å². The van der Waals surface area contributed by atoms with Crippen LogP contribution in [0.15, 0.2) is 0 Å². The van der Waals surface area contributed by atoms with Crippen LogP contribution in [0, 0.1) is 11.8 Å². The Kier molecular flexibility index (Phi) is 36.0. The Bertz CT molecular complexity index is 766. The van der Waals surface area contributed by atoms with Gasteiger partial charge in [-0.15, -0.1) is 0 Å². The molecule has 0 amide bonds. The summed E-state index contributed by atoms with van der Waals surface area (Å²) in [5.74, 6) is 0.741. The van der Waals surface area contributed by atoms with E-state index < -0.39 is 6.10 Å². The van der Waals surface area contributed by atoms with Gasteiger partial charge in [0.2, 0.25) is 0 Å². The maximum absolute atomic E-state index is 12.7. The van der Waals surface area contributed by atoms with Crippen LogP contribution in [0.3, 0.4) is 0 Å².